The van der Waals surface area contributed by atoms with Gasteiger partial charge in [-0.15, -0.1) is 11.6 Å². The summed E-state index contributed by atoms with van der Waals surface area (Å²) in [7, 11) is 2.12. The third-order valence-corrected chi connectivity index (χ3v) is 2.85. The van der Waals surface area contributed by atoms with Crippen LogP contribution in [0.4, 0.5) is 0 Å². The van der Waals surface area contributed by atoms with Crippen LogP contribution in [0.1, 0.15) is 12.0 Å². The number of likely N-dealkylation sites (N-methyl/N-ethyl adjacent to an activating group) is 1. The van der Waals surface area contributed by atoms with E-state index >= 15 is 0 Å². The highest BCUT2D eigenvalue weighted by Crippen LogP contribution is 2.11. The van der Waals surface area contributed by atoms with Crippen LogP contribution in [0.3, 0.4) is 0 Å². The number of hydrogen-bond acceptors (Lipinski definition) is 1. The average Bonchev–Trinajstić information content (AvgIpc) is 2.23. The maximum Gasteiger partial charge on any atom is 0.0408 e. The summed E-state index contributed by atoms with van der Waals surface area (Å²) in [6, 6.07) is 8.04. The van der Waals surface area contributed by atoms with Crippen molar-refractivity contribution in [1.82, 2.24) is 4.90 Å². The van der Waals surface area contributed by atoms with Crippen LogP contribution in [0.15, 0.2) is 24.3 Å². The fraction of sp³-hybridized carbons (Fsp3) is 0.500. The van der Waals surface area contributed by atoms with Crippen LogP contribution in [0, 0.1) is 0 Å². The Morgan fingerprint density at radius 3 is 2.73 bits per heavy atom. The van der Waals surface area contributed by atoms with Gasteiger partial charge in [-0.25, -0.2) is 0 Å². The smallest absolute Gasteiger partial charge is 0.0408 e. The molecule has 84 valence electrons. The molecule has 1 aromatic rings. The van der Waals surface area contributed by atoms with Gasteiger partial charge in [0.1, 0.15) is 0 Å². The Morgan fingerprint density at radius 2 is 2.07 bits per heavy atom. The summed E-state index contributed by atoms with van der Waals surface area (Å²) in [6.07, 6.45) is 2.09. The Morgan fingerprint density at radius 1 is 1.27 bits per heavy atom. The highest BCUT2D eigenvalue weighted by molar-refractivity contribution is 6.30. The van der Waals surface area contributed by atoms with E-state index in [1.54, 1.807) is 0 Å². The Balaban J connectivity index is 2.30. The molecule has 0 fully saturated rings. The van der Waals surface area contributed by atoms with Gasteiger partial charge in [-0.1, -0.05) is 23.7 Å². The molecule has 0 bridgehead atoms. The normalized spacial score (nSPS) is 10.9. The van der Waals surface area contributed by atoms with Gasteiger partial charge < -0.3 is 4.90 Å². The molecule has 1 rings (SSSR count). The first-order valence-electron chi connectivity index (χ1n) is 5.21. The van der Waals surface area contributed by atoms with Crippen molar-refractivity contribution in [3.63, 3.8) is 0 Å². The summed E-state index contributed by atoms with van der Waals surface area (Å²) in [4.78, 5) is 2.29. The molecule has 0 heterocycles. The van der Waals surface area contributed by atoms with Crippen molar-refractivity contribution in [3.8, 4) is 0 Å². The molecule has 0 aromatic heterocycles. The van der Waals surface area contributed by atoms with Crippen molar-refractivity contribution >= 4 is 23.2 Å². The molecule has 0 radical (unpaired) electrons. The monoisotopic (exact) mass is 245 g/mol. The fourth-order valence-electron chi connectivity index (χ4n) is 1.45. The topological polar surface area (TPSA) is 3.24 Å². The molecule has 1 nitrogen and oxygen atoms in total. The van der Waals surface area contributed by atoms with Gasteiger partial charge in [0.25, 0.3) is 0 Å². The second-order valence-electron chi connectivity index (χ2n) is 3.73. The van der Waals surface area contributed by atoms with E-state index in [0.29, 0.717) is 0 Å². The number of alkyl halides is 1. The molecule has 3 heteroatoms. The molecule has 0 N–H and O–H groups in total. The van der Waals surface area contributed by atoms with E-state index < -0.39 is 0 Å². The van der Waals surface area contributed by atoms with Gasteiger partial charge >= 0.3 is 0 Å². The highest BCUT2D eigenvalue weighted by atomic mass is 35.5. The van der Waals surface area contributed by atoms with Gasteiger partial charge in [0.15, 0.2) is 0 Å². The molecule has 0 spiro atoms. The van der Waals surface area contributed by atoms with Crippen LogP contribution in [-0.2, 0) is 6.42 Å². The Bertz CT molecular complexity index is 289. The van der Waals surface area contributed by atoms with Crippen LogP contribution in [0.2, 0.25) is 5.02 Å². The zero-order chi connectivity index (χ0) is 11.1. The summed E-state index contributed by atoms with van der Waals surface area (Å²) in [5.41, 5.74) is 1.29. The summed E-state index contributed by atoms with van der Waals surface area (Å²) in [5, 5.41) is 0.816. The van der Waals surface area contributed by atoms with Crippen molar-refractivity contribution < 1.29 is 0 Å². The molecule has 0 aliphatic rings. The second-order valence-corrected chi connectivity index (χ2v) is 4.54. The summed E-state index contributed by atoms with van der Waals surface area (Å²) in [6.45, 7) is 2.11. The molecule has 1 aromatic carbocycles. The minimum atomic E-state index is 0.738. The SMILES string of the molecule is CN(CCCCl)CCc1cccc(Cl)c1. The number of hydrogen-bond donors (Lipinski definition) is 0. The molecule has 0 aliphatic heterocycles. The summed E-state index contributed by atoms with van der Waals surface area (Å²) in [5.74, 6) is 0.738. The summed E-state index contributed by atoms with van der Waals surface area (Å²) < 4.78 is 0. The number of rotatable bonds is 6. The molecule has 15 heavy (non-hydrogen) atoms. The standard InChI is InChI=1S/C12H17Cl2N/c1-15(8-3-7-13)9-6-11-4-2-5-12(14)10-11/h2,4-5,10H,3,6-9H2,1H3. The molecule has 0 unspecified atom stereocenters. The molecular formula is C12H17Cl2N. The lowest BCUT2D eigenvalue weighted by molar-refractivity contribution is 0.340. The predicted molar refractivity (Wildman–Crippen MR) is 68.0 cm³/mol. The Hall–Kier alpha value is -0.240. The largest absolute Gasteiger partial charge is 0.306 e. The van der Waals surface area contributed by atoms with Crippen LogP contribution < -0.4 is 0 Å². The van der Waals surface area contributed by atoms with Crippen LogP contribution in [0.25, 0.3) is 0 Å². The first-order chi connectivity index (χ1) is 7.22. The van der Waals surface area contributed by atoms with Crippen LogP contribution >= 0.6 is 23.2 Å². The maximum atomic E-state index is 5.91. The minimum absolute atomic E-state index is 0.738. The van der Waals surface area contributed by atoms with Crippen LogP contribution in [-0.4, -0.2) is 30.9 Å². The number of halogens is 2. The van der Waals surface area contributed by atoms with E-state index in [1.807, 2.05) is 18.2 Å². The molecular weight excluding hydrogens is 229 g/mol. The lowest BCUT2D eigenvalue weighted by atomic mass is 10.1. The van der Waals surface area contributed by atoms with Crippen molar-refractivity contribution in [1.29, 1.82) is 0 Å². The fourth-order valence-corrected chi connectivity index (χ4v) is 1.79. The van der Waals surface area contributed by atoms with E-state index in [-0.39, 0.29) is 0 Å². The van der Waals surface area contributed by atoms with Gasteiger partial charge in [-0.2, -0.15) is 0 Å². The lowest BCUT2D eigenvalue weighted by Crippen LogP contribution is -2.22. The maximum absolute atomic E-state index is 5.91. The minimum Gasteiger partial charge on any atom is -0.306 e. The Labute approximate surface area is 102 Å². The molecule has 0 aliphatic carbocycles. The first-order valence-corrected chi connectivity index (χ1v) is 6.12. The zero-order valence-electron chi connectivity index (χ0n) is 9.05. The highest BCUT2D eigenvalue weighted by Gasteiger charge is 1.99. The zero-order valence-corrected chi connectivity index (χ0v) is 10.6. The number of benzene rings is 1. The molecule has 0 amide bonds. The lowest BCUT2D eigenvalue weighted by Gasteiger charge is -2.15. The van der Waals surface area contributed by atoms with Gasteiger partial charge in [-0.3, -0.25) is 0 Å². The predicted octanol–water partition coefficient (Wildman–Crippen LogP) is 3.44. The van der Waals surface area contributed by atoms with Crippen molar-refractivity contribution in [2.45, 2.75) is 12.8 Å². The quantitative estimate of drug-likeness (QED) is 0.695. The van der Waals surface area contributed by atoms with Crippen molar-refractivity contribution in [3.05, 3.63) is 34.9 Å². The number of nitrogens with zero attached hydrogens (tertiary/aromatic N) is 1. The van der Waals surface area contributed by atoms with E-state index in [1.165, 1.54) is 5.56 Å². The van der Waals surface area contributed by atoms with Gasteiger partial charge in [0, 0.05) is 17.4 Å². The summed E-state index contributed by atoms with van der Waals surface area (Å²) >= 11 is 11.6. The third kappa shape index (κ3) is 5.41. The molecule has 0 saturated heterocycles. The second kappa shape index (κ2) is 7.10. The van der Waals surface area contributed by atoms with Gasteiger partial charge in [0.2, 0.25) is 0 Å². The third-order valence-electron chi connectivity index (χ3n) is 2.34. The first kappa shape index (κ1) is 12.8. The molecule has 0 saturated carbocycles. The van der Waals surface area contributed by atoms with E-state index in [9.17, 15) is 0 Å². The Kier molecular flexibility index (Phi) is 6.07. The van der Waals surface area contributed by atoms with Crippen LogP contribution in [0.5, 0.6) is 0 Å². The van der Waals surface area contributed by atoms with E-state index in [4.69, 9.17) is 23.2 Å². The molecule has 0 atom stereocenters. The average molecular weight is 246 g/mol. The van der Waals surface area contributed by atoms with E-state index in [2.05, 4.69) is 18.0 Å². The van der Waals surface area contributed by atoms with Gasteiger partial charge in [0.05, 0.1) is 0 Å². The van der Waals surface area contributed by atoms with E-state index in [0.717, 1.165) is 36.8 Å². The van der Waals surface area contributed by atoms with Crippen molar-refractivity contribution in [2.24, 2.45) is 0 Å². The van der Waals surface area contributed by atoms with Crippen molar-refractivity contribution in [2.75, 3.05) is 26.0 Å². The van der Waals surface area contributed by atoms with Gasteiger partial charge in [-0.05, 0) is 44.1 Å².